The van der Waals surface area contributed by atoms with Crippen LogP contribution in [0.15, 0.2) is 18.3 Å². The number of hydrogen-bond donors (Lipinski definition) is 2. The molecule has 1 atom stereocenters. The smallest absolute Gasteiger partial charge is 0.322 e. The van der Waals surface area contributed by atoms with E-state index in [-0.39, 0.29) is 29.9 Å². The van der Waals surface area contributed by atoms with Crippen LogP contribution in [-0.2, 0) is 4.74 Å². The van der Waals surface area contributed by atoms with Crippen LogP contribution in [0, 0.1) is 0 Å². The Morgan fingerprint density at radius 3 is 2.82 bits per heavy atom. The van der Waals surface area contributed by atoms with Gasteiger partial charge >= 0.3 is 6.01 Å². The quantitative estimate of drug-likeness (QED) is 0.525. The average molecular weight is 453 g/mol. The number of aromatic nitrogens is 6. The Balaban J connectivity index is 1.33. The number of nitrogens with zero attached hydrogens (tertiary/aromatic N) is 6. The summed E-state index contributed by atoms with van der Waals surface area (Å²) in [6.07, 6.45) is 5.27. The van der Waals surface area contributed by atoms with Gasteiger partial charge in [-0.2, -0.15) is 20.1 Å². The molecule has 3 aromatic heterocycles. The SMILES string of the molecule is COC[C@@H](C)Oc1nc(C(=O)NC2CC2)nc(N2CCC(c3n[nH]c4ncccc34)CC2)n1. The lowest BCUT2D eigenvalue weighted by atomic mass is 9.92. The molecule has 1 saturated heterocycles. The van der Waals surface area contributed by atoms with Gasteiger partial charge in [0.2, 0.25) is 11.8 Å². The lowest BCUT2D eigenvalue weighted by Gasteiger charge is -2.31. The molecule has 33 heavy (non-hydrogen) atoms. The van der Waals surface area contributed by atoms with Crippen LogP contribution in [0.1, 0.15) is 54.8 Å². The lowest BCUT2D eigenvalue weighted by molar-refractivity contribution is 0.0838. The van der Waals surface area contributed by atoms with E-state index in [1.165, 1.54) is 0 Å². The Morgan fingerprint density at radius 1 is 1.24 bits per heavy atom. The Kier molecular flexibility index (Phi) is 6.03. The third kappa shape index (κ3) is 4.87. The second kappa shape index (κ2) is 9.26. The van der Waals surface area contributed by atoms with Gasteiger partial charge in [0.25, 0.3) is 5.91 Å². The fourth-order valence-corrected chi connectivity index (χ4v) is 4.11. The highest BCUT2D eigenvalue weighted by Crippen LogP contribution is 2.32. The minimum atomic E-state index is -0.296. The second-order valence-corrected chi connectivity index (χ2v) is 8.64. The maximum atomic E-state index is 12.6. The Hall–Kier alpha value is -3.34. The third-order valence-electron chi connectivity index (χ3n) is 5.96. The number of carbonyl (C=O) groups excluding carboxylic acids is 1. The number of carbonyl (C=O) groups is 1. The molecule has 0 unspecified atom stereocenters. The molecule has 1 saturated carbocycles. The van der Waals surface area contributed by atoms with Crippen LogP contribution in [0.25, 0.3) is 11.0 Å². The monoisotopic (exact) mass is 452 g/mol. The van der Waals surface area contributed by atoms with Gasteiger partial charge in [-0.3, -0.25) is 9.89 Å². The number of aromatic amines is 1. The average Bonchev–Trinajstić information content (AvgIpc) is 3.54. The zero-order chi connectivity index (χ0) is 22.8. The predicted octanol–water partition coefficient (Wildman–Crippen LogP) is 1.83. The van der Waals surface area contributed by atoms with Crippen LogP contribution in [0.5, 0.6) is 6.01 Å². The highest BCUT2D eigenvalue weighted by atomic mass is 16.5. The highest BCUT2D eigenvalue weighted by molar-refractivity contribution is 5.91. The van der Waals surface area contributed by atoms with Crippen molar-refractivity contribution in [2.24, 2.45) is 0 Å². The number of methoxy groups -OCH3 is 1. The number of anilines is 1. The van der Waals surface area contributed by atoms with Gasteiger partial charge in [0.05, 0.1) is 12.3 Å². The molecule has 4 heterocycles. The number of pyridine rings is 1. The number of piperidine rings is 1. The first-order valence-corrected chi connectivity index (χ1v) is 11.4. The van der Waals surface area contributed by atoms with E-state index in [0.717, 1.165) is 55.5 Å². The molecule has 2 aliphatic rings. The molecule has 3 aromatic rings. The first-order valence-electron chi connectivity index (χ1n) is 11.4. The third-order valence-corrected chi connectivity index (χ3v) is 5.96. The summed E-state index contributed by atoms with van der Waals surface area (Å²) in [5.74, 6) is 0.558. The van der Waals surface area contributed by atoms with Crippen LogP contribution in [0.2, 0.25) is 0 Å². The molecule has 2 N–H and O–H groups in total. The number of hydrogen-bond acceptors (Lipinski definition) is 9. The van der Waals surface area contributed by atoms with Crippen molar-refractivity contribution in [1.82, 2.24) is 35.5 Å². The van der Waals surface area contributed by atoms with E-state index in [1.807, 2.05) is 13.0 Å². The summed E-state index contributed by atoms with van der Waals surface area (Å²) in [4.78, 5) is 32.3. The molecule has 1 amide bonds. The minimum Gasteiger partial charge on any atom is -0.458 e. The van der Waals surface area contributed by atoms with Gasteiger partial charge in [0.15, 0.2) is 5.65 Å². The van der Waals surface area contributed by atoms with Gasteiger partial charge in [-0.05, 0) is 44.7 Å². The molecule has 0 aromatic carbocycles. The Bertz CT molecular complexity index is 1120. The van der Waals surface area contributed by atoms with E-state index < -0.39 is 0 Å². The lowest BCUT2D eigenvalue weighted by Crippen LogP contribution is -2.36. The van der Waals surface area contributed by atoms with Gasteiger partial charge in [-0.25, -0.2) is 4.98 Å². The maximum Gasteiger partial charge on any atom is 0.322 e. The van der Waals surface area contributed by atoms with Gasteiger partial charge in [0.1, 0.15) is 6.10 Å². The van der Waals surface area contributed by atoms with E-state index in [0.29, 0.717) is 18.5 Å². The summed E-state index contributed by atoms with van der Waals surface area (Å²) in [7, 11) is 1.61. The molecule has 0 spiro atoms. The highest BCUT2D eigenvalue weighted by Gasteiger charge is 2.29. The largest absolute Gasteiger partial charge is 0.458 e. The van der Waals surface area contributed by atoms with E-state index in [1.54, 1.807) is 13.3 Å². The van der Waals surface area contributed by atoms with Crippen molar-refractivity contribution in [1.29, 1.82) is 0 Å². The molecule has 2 fully saturated rings. The standard InChI is InChI=1S/C22H28N8O3/c1-13(12-32-2)33-22-26-19(20(31)24-15-5-6-15)25-21(27-22)30-10-7-14(8-11-30)17-16-4-3-9-23-18(16)29-28-17/h3-4,9,13-15H,5-8,10-12H2,1-2H3,(H,24,31)(H,23,28,29)/t13-/m1/s1. The van der Waals surface area contributed by atoms with Crippen LogP contribution in [0.3, 0.4) is 0 Å². The van der Waals surface area contributed by atoms with Crippen LogP contribution in [-0.4, -0.2) is 75.0 Å². The number of fused-ring (bicyclic) bond motifs is 1. The molecule has 1 aliphatic heterocycles. The van der Waals surface area contributed by atoms with Crippen molar-refractivity contribution in [3.8, 4) is 6.01 Å². The zero-order valence-corrected chi connectivity index (χ0v) is 18.8. The van der Waals surface area contributed by atoms with E-state index in [9.17, 15) is 4.79 Å². The van der Waals surface area contributed by atoms with Crippen molar-refractivity contribution < 1.29 is 14.3 Å². The summed E-state index contributed by atoms with van der Waals surface area (Å²) in [6.45, 7) is 3.73. The number of H-pyrrole nitrogens is 1. The first kappa shape index (κ1) is 21.5. The molecule has 0 bridgehead atoms. The number of nitrogens with one attached hydrogen (secondary N) is 2. The molecule has 11 heteroatoms. The van der Waals surface area contributed by atoms with Crippen molar-refractivity contribution in [2.75, 3.05) is 31.7 Å². The van der Waals surface area contributed by atoms with Crippen molar-refractivity contribution in [3.63, 3.8) is 0 Å². The molecular formula is C22H28N8O3. The zero-order valence-electron chi connectivity index (χ0n) is 18.8. The fraction of sp³-hybridized carbons (Fsp3) is 0.545. The van der Waals surface area contributed by atoms with Crippen molar-refractivity contribution >= 4 is 22.9 Å². The summed E-state index contributed by atoms with van der Waals surface area (Å²) in [5.41, 5.74) is 1.86. The van der Waals surface area contributed by atoms with Crippen LogP contribution < -0.4 is 15.0 Å². The molecular weight excluding hydrogens is 424 g/mol. The van der Waals surface area contributed by atoms with E-state index >= 15 is 0 Å². The molecule has 11 nitrogen and oxygen atoms in total. The molecule has 0 radical (unpaired) electrons. The summed E-state index contributed by atoms with van der Waals surface area (Å²) < 4.78 is 11.0. The van der Waals surface area contributed by atoms with E-state index in [2.05, 4.69) is 46.4 Å². The summed E-state index contributed by atoms with van der Waals surface area (Å²) in [6, 6.07) is 4.33. The second-order valence-electron chi connectivity index (χ2n) is 8.64. The molecule has 174 valence electrons. The van der Waals surface area contributed by atoms with E-state index in [4.69, 9.17) is 9.47 Å². The van der Waals surface area contributed by atoms with Crippen LogP contribution in [0.4, 0.5) is 5.95 Å². The fourth-order valence-electron chi connectivity index (χ4n) is 4.11. The number of amides is 1. The predicted molar refractivity (Wildman–Crippen MR) is 120 cm³/mol. The molecule has 5 rings (SSSR count). The van der Waals surface area contributed by atoms with Gasteiger partial charge in [-0.15, -0.1) is 0 Å². The normalized spacial score (nSPS) is 17.8. The van der Waals surface area contributed by atoms with Gasteiger partial charge in [0, 0.05) is 43.7 Å². The van der Waals surface area contributed by atoms with Crippen molar-refractivity contribution in [3.05, 3.63) is 29.8 Å². The molecule has 1 aliphatic carbocycles. The van der Waals surface area contributed by atoms with Gasteiger partial charge < -0.3 is 19.7 Å². The number of ether oxygens (including phenoxy) is 2. The van der Waals surface area contributed by atoms with Gasteiger partial charge in [-0.1, -0.05) is 0 Å². The topological polar surface area (TPSA) is 131 Å². The minimum absolute atomic E-state index is 0.0815. The maximum absolute atomic E-state index is 12.6. The summed E-state index contributed by atoms with van der Waals surface area (Å²) >= 11 is 0. The van der Waals surface area contributed by atoms with Crippen LogP contribution >= 0.6 is 0 Å². The summed E-state index contributed by atoms with van der Waals surface area (Å²) in [5, 5.41) is 11.6. The Morgan fingerprint density at radius 2 is 2.06 bits per heavy atom. The first-order chi connectivity index (χ1) is 16.1. The number of rotatable bonds is 8. The Labute approximate surface area is 191 Å². The van der Waals surface area contributed by atoms with Crippen molar-refractivity contribution in [2.45, 2.75) is 50.7 Å².